The first-order valence-electron chi connectivity index (χ1n) is 7.97. The predicted molar refractivity (Wildman–Crippen MR) is 97.4 cm³/mol. The van der Waals surface area contributed by atoms with E-state index < -0.39 is 6.10 Å². The molecule has 0 spiro atoms. The lowest BCUT2D eigenvalue weighted by molar-refractivity contribution is -0.138. The first-order valence-corrected chi connectivity index (χ1v) is 8.72. The highest BCUT2D eigenvalue weighted by molar-refractivity contribution is 6.34. The Labute approximate surface area is 156 Å². The maximum absolute atomic E-state index is 12.6. The zero-order chi connectivity index (χ0) is 17.8. The number of aromatic nitrogens is 2. The number of anilines is 1. The van der Waals surface area contributed by atoms with E-state index in [0.717, 1.165) is 0 Å². The van der Waals surface area contributed by atoms with E-state index in [-0.39, 0.29) is 5.91 Å². The maximum Gasteiger partial charge on any atom is 0.263 e. The Morgan fingerprint density at radius 3 is 2.52 bits per heavy atom. The van der Waals surface area contributed by atoms with Crippen molar-refractivity contribution in [2.45, 2.75) is 13.0 Å². The minimum absolute atomic E-state index is 0.0790. The summed E-state index contributed by atoms with van der Waals surface area (Å²) in [5, 5.41) is 0.936. The van der Waals surface area contributed by atoms with Crippen LogP contribution in [0.1, 0.15) is 6.92 Å². The molecule has 0 N–H and O–H groups in total. The second-order valence-electron chi connectivity index (χ2n) is 5.70. The Morgan fingerprint density at radius 1 is 1.16 bits per heavy atom. The van der Waals surface area contributed by atoms with Crippen LogP contribution in [0.3, 0.4) is 0 Å². The quantitative estimate of drug-likeness (QED) is 0.815. The van der Waals surface area contributed by atoms with E-state index in [0.29, 0.717) is 47.9 Å². The monoisotopic (exact) mass is 380 g/mol. The van der Waals surface area contributed by atoms with Crippen molar-refractivity contribution >= 4 is 35.1 Å². The first-order chi connectivity index (χ1) is 12.0. The van der Waals surface area contributed by atoms with Gasteiger partial charge in [-0.05, 0) is 25.1 Å². The van der Waals surface area contributed by atoms with E-state index in [4.69, 9.17) is 27.9 Å². The molecule has 0 saturated carbocycles. The Hall–Kier alpha value is -2.05. The van der Waals surface area contributed by atoms with Crippen molar-refractivity contribution < 1.29 is 9.53 Å². The molecule has 0 radical (unpaired) electrons. The van der Waals surface area contributed by atoms with Crippen LogP contribution >= 0.6 is 23.2 Å². The summed E-state index contributed by atoms with van der Waals surface area (Å²) in [5.74, 6) is 1.01. The molecule has 1 aromatic heterocycles. The molecule has 3 rings (SSSR count). The van der Waals surface area contributed by atoms with Crippen LogP contribution in [0.2, 0.25) is 10.0 Å². The zero-order valence-electron chi connectivity index (χ0n) is 13.7. The number of ether oxygens (including phenoxy) is 1. The first kappa shape index (κ1) is 17.8. The summed E-state index contributed by atoms with van der Waals surface area (Å²) in [6.45, 7) is 4.26. The lowest BCUT2D eigenvalue weighted by Gasteiger charge is -2.35. The summed E-state index contributed by atoms with van der Waals surface area (Å²) in [7, 11) is 0. The smallest absolute Gasteiger partial charge is 0.263 e. The molecule has 1 amide bonds. The summed E-state index contributed by atoms with van der Waals surface area (Å²) in [6, 6.07) is 6.71. The van der Waals surface area contributed by atoms with Gasteiger partial charge in [-0.15, -0.1) is 0 Å². The molecule has 1 unspecified atom stereocenters. The standard InChI is InChI=1S/C17H18Cl2N4O2/c1-12(25-15-11-13(18)3-4-14(15)19)16(24)22-7-9-23(10-8-22)17-20-5-2-6-21-17/h2-6,11-12H,7-10H2,1H3. The fourth-order valence-corrected chi connectivity index (χ4v) is 2.97. The van der Waals surface area contributed by atoms with Crippen molar-refractivity contribution in [3.8, 4) is 5.75 Å². The van der Waals surface area contributed by atoms with Crippen LogP contribution in [0, 0.1) is 0 Å². The number of nitrogens with zero attached hydrogens (tertiary/aromatic N) is 4. The topological polar surface area (TPSA) is 58.6 Å². The van der Waals surface area contributed by atoms with Gasteiger partial charge in [0.25, 0.3) is 5.91 Å². The molecule has 0 bridgehead atoms. The molecule has 1 aliphatic rings. The number of hydrogen-bond acceptors (Lipinski definition) is 5. The lowest BCUT2D eigenvalue weighted by Crippen LogP contribution is -2.52. The van der Waals surface area contributed by atoms with Gasteiger partial charge >= 0.3 is 0 Å². The van der Waals surface area contributed by atoms with Gasteiger partial charge < -0.3 is 14.5 Å². The summed E-state index contributed by atoms with van der Waals surface area (Å²) >= 11 is 12.0. The Bertz CT molecular complexity index is 737. The van der Waals surface area contributed by atoms with Crippen molar-refractivity contribution in [1.29, 1.82) is 0 Å². The van der Waals surface area contributed by atoms with Crippen LogP contribution in [0.5, 0.6) is 5.75 Å². The molecular weight excluding hydrogens is 363 g/mol. The molecule has 2 heterocycles. The number of piperazine rings is 1. The number of amides is 1. The number of hydrogen-bond donors (Lipinski definition) is 0. The zero-order valence-corrected chi connectivity index (χ0v) is 15.2. The predicted octanol–water partition coefficient (Wildman–Crippen LogP) is 2.90. The average Bonchev–Trinajstić information content (AvgIpc) is 2.65. The highest BCUT2D eigenvalue weighted by Crippen LogP contribution is 2.28. The van der Waals surface area contributed by atoms with Gasteiger partial charge in [-0.1, -0.05) is 23.2 Å². The van der Waals surface area contributed by atoms with E-state index in [2.05, 4.69) is 14.9 Å². The largest absolute Gasteiger partial charge is 0.479 e. The van der Waals surface area contributed by atoms with Crippen LogP contribution in [-0.4, -0.2) is 53.1 Å². The fraction of sp³-hybridized carbons (Fsp3) is 0.353. The third-order valence-corrected chi connectivity index (χ3v) is 4.52. The Kier molecular flexibility index (Phi) is 5.60. The normalized spacial score (nSPS) is 15.8. The van der Waals surface area contributed by atoms with Gasteiger partial charge in [-0.3, -0.25) is 4.79 Å². The molecule has 6 nitrogen and oxygen atoms in total. The van der Waals surface area contributed by atoms with Crippen LogP contribution < -0.4 is 9.64 Å². The molecule has 1 fully saturated rings. The molecule has 25 heavy (non-hydrogen) atoms. The van der Waals surface area contributed by atoms with Crippen LogP contribution in [0.25, 0.3) is 0 Å². The van der Waals surface area contributed by atoms with Crippen LogP contribution in [0.4, 0.5) is 5.95 Å². The Balaban J connectivity index is 1.57. The second kappa shape index (κ2) is 7.89. The third-order valence-electron chi connectivity index (χ3n) is 3.97. The number of benzene rings is 1. The van der Waals surface area contributed by atoms with E-state index in [1.54, 1.807) is 48.5 Å². The number of carbonyl (C=O) groups is 1. The molecule has 1 saturated heterocycles. The second-order valence-corrected chi connectivity index (χ2v) is 6.54. The van der Waals surface area contributed by atoms with Crippen molar-refractivity contribution in [1.82, 2.24) is 14.9 Å². The van der Waals surface area contributed by atoms with Gasteiger partial charge in [0.1, 0.15) is 5.75 Å². The van der Waals surface area contributed by atoms with Gasteiger partial charge in [-0.25, -0.2) is 9.97 Å². The highest BCUT2D eigenvalue weighted by atomic mass is 35.5. The van der Waals surface area contributed by atoms with Crippen LogP contribution in [0.15, 0.2) is 36.7 Å². The molecule has 1 atom stereocenters. The minimum atomic E-state index is -0.643. The molecule has 8 heteroatoms. The van der Waals surface area contributed by atoms with Gasteiger partial charge in [0.05, 0.1) is 5.02 Å². The summed E-state index contributed by atoms with van der Waals surface area (Å²) in [6.07, 6.45) is 2.78. The molecule has 1 aromatic carbocycles. The summed E-state index contributed by atoms with van der Waals surface area (Å²) in [5.41, 5.74) is 0. The van der Waals surface area contributed by atoms with Gasteiger partial charge in [0, 0.05) is 49.7 Å². The van der Waals surface area contributed by atoms with E-state index in [1.165, 1.54) is 0 Å². The third kappa shape index (κ3) is 4.32. The van der Waals surface area contributed by atoms with E-state index in [9.17, 15) is 4.79 Å². The van der Waals surface area contributed by atoms with Gasteiger partial charge in [-0.2, -0.15) is 0 Å². The van der Waals surface area contributed by atoms with Crippen molar-refractivity contribution in [2.24, 2.45) is 0 Å². The van der Waals surface area contributed by atoms with Crippen molar-refractivity contribution in [3.05, 3.63) is 46.7 Å². The minimum Gasteiger partial charge on any atom is -0.479 e. The lowest BCUT2D eigenvalue weighted by atomic mass is 10.2. The van der Waals surface area contributed by atoms with Crippen molar-refractivity contribution in [3.63, 3.8) is 0 Å². The van der Waals surface area contributed by atoms with Crippen molar-refractivity contribution in [2.75, 3.05) is 31.1 Å². The average molecular weight is 381 g/mol. The SMILES string of the molecule is CC(Oc1cc(Cl)ccc1Cl)C(=O)N1CCN(c2ncccn2)CC1. The van der Waals surface area contributed by atoms with Gasteiger partial charge in [0.15, 0.2) is 6.10 Å². The highest BCUT2D eigenvalue weighted by Gasteiger charge is 2.27. The molecule has 2 aromatic rings. The van der Waals surface area contributed by atoms with E-state index in [1.807, 2.05) is 0 Å². The molecular formula is C17H18Cl2N4O2. The summed E-state index contributed by atoms with van der Waals surface area (Å²) < 4.78 is 5.71. The molecule has 0 aliphatic carbocycles. The fourth-order valence-electron chi connectivity index (χ4n) is 2.65. The molecule has 132 valence electrons. The van der Waals surface area contributed by atoms with E-state index >= 15 is 0 Å². The maximum atomic E-state index is 12.6. The van der Waals surface area contributed by atoms with Crippen LogP contribution in [-0.2, 0) is 4.79 Å². The number of rotatable bonds is 4. The number of halogens is 2. The molecule has 1 aliphatic heterocycles. The van der Waals surface area contributed by atoms with Gasteiger partial charge in [0.2, 0.25) is 5.95 Å². The summed E-state index contributed by atoms with van der Waals surface area (Å²) in [4.78, 5) is 24.9. The Morgan fingerprint density at radius 2 is 1.84 bits per heavy atom. The number of carbonyl (C=O) groups excluding carboxylic acids is 1.